The largest absolute Gasteiger partial charge is 0.495 e. The molecule has 0 aliphatic carbocycles. The summed E-state index contributed by atoms with van der Waals surface area (Å²) in [5.41, 5.74) is 0.815. The van der Waals surface area contributed by atoms with Crippen molar-refractivity contribution in [2.75, 3.05) is 43.0 Å². The van der Waals surface area contributed by atoms with Crippen molar-refractivity contribution < 1.29 is 17.9 Å². The molecule has 0 amide bonds. The predicted molar refractivity (Wildman–Crippen MR) is 93.6 cm³/mol. The van der Waals surface area contributed by atoms with Crippen molar-refractivity contribution in [1.29, 1.82) is 0 Å². The lowest BCUT2D eigenvalue weighted by molar-refractivity contribution is 0.122. The van der Waals surface area contributed by atoms with E-state index >= 15 is 0 Å². The van der Waals surface area contributed by atoms with Gasteiger partial charge in [0.15, 0.2) is 11.6 Å². The van der Waals surface area contributed by atoms with Crippen molar-refractivity contribution in [3.8, 4) is 5.75 Å². The number of benzene rings is 1. The number of ether oxygens (including phenoxy) is 2. The second-order valence-corrected chi connectivity index (χ2v) is 7.29. The number of nitrogens with one attached hydrogen (secondary N) is 1. The van der Waals surface area contributed by atoms with Crippen LogP contribution in [0.1, 0.15) is 5.56 Å². The number of nitrogens with zero attached hydrogens (tertiary/aromatic N) is 3. The van der Waals surface area contributed by atoms with E-state index in [1.54, 1.807) is 30.3 Å². The number of rotatable bonds is 5. The van der Waals surface area contributed by atoms with E-state index in [2.05, 4.69) is 14.9 Å². The highest BCUT2D eigenvalue weighted by Crippen LogP contribution is 2.26. The first-order valence-electron chi connectivity index (χ1n) is 7.83. The summed E-state index contributed by atoms with van der Waals surface area (Å²) in [6.07, 6.45) is 0. The van der Waals surface area contributed by atoms with Crippen LogP contribution in [0.2, 0.25) is 0 Å². The van der Waals surface area contributed by atoms with Gasteiger partial charge >= 0.3 is 0 Å². The highest BCUT2D eigenvalue weighted by molar-refractivity contribution is 7.92. The van der Waals surface area contributed by atoms with Gasteiger partial charge in [-0.25, -0.2) is 8.42 Å². The summed E-state index contributed by atoms with van der Waals surface area (Å²) in [5.74, 6) is 1.12. The molecule has 1 aliphatic rings. The minimum absolute atomic E-state index is 0.0639. The quantitative estimate of drug-likeness (QED) is 0.858. The lowest BCUT2D eigenvalue weighted by atomic mass is 10.2. The normalized spacial score (nSPS) is 15.0. The fourth-order valence-corrected chi connectivity index (χ4v) is 3.78. The number of aromatic nitrogens is 2. The maximum atomic E-state index is 12.6. The number of hydrogen-bond acceptors (Lipinski definition) is 7. The Labute approximate surface area is 146 Å². The van der Waals surface area contributed by atoms with Gasteiger partial charge in [0.1, 0.15) is 10.6 Å². The Balaban J connectivity index is 1.80. The number of aryl methyl sites for hydroxylation is 1. The van der Waals surface area contributed by atoms with E-state index in [9.17, 15) is 8.42 Å². The van der Waals surface area contributed by atoms with Crippen molar-refractivity contribution in [3.63, 3.8) is 0 Å². The summed E-state index contributed by atoms with van der Waals surface area (Å²) < 4.78 is 38.2. The van der Waals surface area contributed by atoms with Gasteiger partial charge < -0.3 is 14.4 Å². The summed E-state index contributed by atoms with van der Waals surface area (Å²) in [6, 6.07) is 8.30. The molecule has 3 rings (SSSR count). The smallest absolute Gasteiger partial charge is 0.266 e. The fraction of sp³-hybridized carbons (Fsp3) is 0.375. The van der Waals surface area contributed by atoms with E-state index < -0.39 is 10.0 Å². The van der Waals surface area contributed by atoms with E-state index in [4.69, 9.17) is 9.47 Å². The molecule has 1 saturated heterocycles. The zero-order valence-corrected chi connectivity index (χ0v) is 14.9. The summed E-state index contributed by atoms with van der Waals surface area (Å²) in [4.78, 5) is 2.10. The van der Waals surface area contributed by atoms with Gasteiger partial charge in [-0.1, -0.05) is 6.07 Å². The first kappa shape index (κ1) is 17.4. The van der Waals surface area contributed by atoms with Gasteiger partial charge in [-0.15, -0.1) is 10.2 Å². The third-order valence-electron chi connectivity index (χ3n) is 3.83. The van der Waals surface area contributed by atoms with E-state index in [0.29, 0.717) is 19.0 Å². The summed E-state index contributed by atoms with van der Waals surface area (Å²) in [6.45, 7) is 4.57. The van der Waals surface area contributed by atoms with Crippen LogP contribution in [-0.4, -0.2) is 52.0 Å². The van der Waals surface area contributed by atoms with Gasteiger partial charge in [0, 0.05) is 13.1 Å². The molecule has 8 nitrogen and oxygen atoms in total. The number of methoxy groups -OCH3 is 1. The Morgan fingerprint density at radius 1 is 1.16 bits per heavy atom. The molecule has 1 fully saturated rings. The van der Waals surface area contributed by atoms with Crippen LogP contribution in [-0.2, 0) is 14.8 Å². The molecule has 0 radical (unpaired) electrons. The molecule has 0 unspecified atom stereocenters. The minimum Gasteiger partial charge on any atom is -0.495 e. The van der Waals surface area contributed by atoms with Crippen LogP contribution in [0.5, 0.6) is 5.75 Å². The van der Waals surface area contributed by atoms with Gasteiger partial charge in [0.25, 0.3) is 10.0 Å². The number of sulfonamides is 1. The third-order valence-corrected chi connectivity index (χ3v) is 5.21. The Morgan fingerprint density at radius 3 is 2.56 bits per heavy atom. The van der Waals surface area contributed by atoms with Crippen LogP contribution in [0, 0.1) is 6.92 Å². The number of morpholine rings is 1. The second-order valence-electron chi connectivity index (χ2n) is 5.64. The predicted octanol–water partition coefficient (Wildman–Crippen LogP) is 1.43. The van der Waals surface area contributed by atoms with Gasteiger partial charge in [0.2, 0.25) is 0 Å². The molecule has 1 aromatic carbocycles. The van der Waals surface area contributed by atoms with Crippen molar-refractivity contribution in [1.82, 2.24) is 10.2 Å². The molecule has 0 saturated carbocycles. The van der Waals surface area contributed by atoms with Gasteiger partial charge in [-0.05, 0) is 36.8 Å². The topological polar surface area (TPSA) is 93.7 Å². The van der Waals surface area contributed by atoms with Crippen LogP contribution in [0.4, 0.5) is 11.6 Å². The Bertz CT molecular complexity index is 834. The van der Waals surface area contributed by atoms with Crippen LogP contribution >= 0.6 is 0 Å². The van der Waals surface area contributed by atoms with Crippen LogP contribution in [0.25, 0.3) is 0 Å². The Morgan fingerprint density at radius 2 is 1.92 bits per heavy atom. The van der Waals surface area contributed by atoms with E-state index in [0.717, 1.165) is 18.7 Å². The maximum Gasteiger partial charge on any atom is 0.266 e. The molecular formula is C16H20N4O4S. The van der Waals surface area contributed by atoms with Crippen molar-refractivity contribution in [2.24, 2.45) is 0 Å². The highest BCUT2D eigenvalue weighted by atomic mass is 32.2. The molecule has 0 bridgehead atoms. The Kier molecular flexibility index (Phi) is 5.05. The number of anilines is 2. The summed E-state index contributed by atoms with van der Waals surface area (Å²) >= 11 is 0. The van der Waals surface area contributed by atoms with E-state index in [1.165, 1.54) is 7.11 Å². The molecule has 2 heterocycles. The Hall–Kier alpha value is -2.39. The molecule has 1 aliphatic heterocycles. The first-order chi connectivity index (χ1) is 12.0. The van der Waals surface area contributed by atoms with Crippen molar-refractivity contribution >= 4 is 21.7 Å². The lowest BCUT2D eigenvalue weighted by Gasteiger charge is -2.27. The van der Waals surface area contributed by atoms with Gasteiger partial charge in [-0.2, -0.15) is 0 Å². The molecule has 1 aromatic heterocycles. The zero-order chi connectivity index (χ0) is 17.9. The van der Waals surface area contributed by atoms with Crippen LogP contribution in [0.15, 0.2) is 35.2 Å². The summed E-state index contributed by atoms with van der Waals surface area (Å²) in [5, 5.41) is 8.08. The average molecular weight is 364 g/mol. The SMILES string of the molecule is COc1ccc(C)cc1S(=O)(=O)Nc1ccc(N2CCOCC2)nn1. The van der Waals surface area contributed by atoms with Crippen LogP contribution in [0.3, 0.4) is 0 Å². The molecule has 25 heavy (non-hydrogen) atoms. The lowest BCUT2D eigenvalue weighted by Crippen LogP contribution is -2.36. The molecule has 0 atom stereocenters. The maximum absolute atomic E-state index is 12.6. The van der Waals surface area contributed by atoms with E-state index in [-0.39, 0.29) is 16.5 Å². The molecule has 0 spiro atoms. The standard InChI is InChI=1S/C16H20N4O4S/c1-12-3-4-13(23-2)14(11-12)25(21,22)19-15-5-6-16(18-17-15)20-7-9-24-10-8-20/h3-6,11H,7-10H2,1-2H3,(H,17,19). The van der Waals surface area contributed by atoms with Crippen molar-refractivity contribution in [2.45, 2.75) is 11.8 Å². The highest BCUT2D eigenvalue weighted by Gasteiger charge is 2.21. The average Bonchev–Trinajstić information content (AvgIpc) is 2.63. The molecule has 134 valence electrons. The van der Waals surface area contributed by atoms with Gasteiger partial charge in [0.05, 0.1) is 20.3 Å². The zero-order valence-electron chi connectivity index (χ0n) is 14.1. The molecule has 9 heteroatoms. The first-order valence-corrected chi connectivity index (χ1v) is 9.32. The van der Waals surface area contributed by atoms with E-state index in [1.807, 2.05) is 11.8 Å². The molecular weight excluding hydrogens is 344 g/mol. The molecule has 1 N–H and O–H groups in total. The monoisotopic (exact) mass is 364 g/mol. The van der Waals surface area contributed by atoms with Crippen LogP contribution < -0.4 is 14.4 Å². The minimum atomic E-state index is -3.83. The third kappa shape index (κ3) is 3.99. The second kappa shape index (κ2) is 7.24. The van der Waals surface area contributed by atoms with Crippen molar-refractivity contribution in [3.05, 3.63) is 35.9 Å². The number of hydrogen-bond donors (Lipinski definition) is 1. The molecule has 2 aromatic rings. The fourth-order valence-electron chi connectivity index (χ4n) is 2.53. The summed E-state index contributed by atoms with van der Waals surface area (Å²) in [7, 11) is -2.40. The van der Waals surface area contributed by atoms with Gasteiger partial charge in [-0.3, -0.25) is 4.72 Å².